The normalized spacial score (nSPS) is 20.9. The minimum atomic E-state index is 0.173. The summed E-state index contributed by atoms with van der Waals surface area (Å²) in [5, 5.41) is 4.33. The molecule has 1 aromatic heterocycles. The summed E-state index contributed by atoms with van der Waals surface area (Å²) in [4.78, 5) is 14.8. The highest BCUT2D eigenvalue weighted by Crippen LogP contribution is 2.25. The Labute approximate surface area is 130 Å². The summed E-state index contributed by atoms with van der Waals surface area (Å²) >= 11 is 0. The van der Waals surface area contributed by atoms with Crippen molar-refractivity contribution in [1.82, 2.24) is 14.7 Å². The van der Waals surface area contributed by atoms with Crippen LogP contribution in [0, 0.1) is 0 Å². The van der Waals surface area contributed by atoms with E-state index in [9.17, 15) is 4.79 Å². The van der Waals surface area contributed by atoms with Crippen molar-refractivity contribution in [1.29, 1.82) is 0 Å². The third-order valence-corrected chi connectivity index (χ3v) is 4.93. The van der Waals surface area contributed by atoms with E-state index in [1.807, 2.05) is 27.9 Å². The summed E-state index contributed by atoms with van der Waals surface area (Å²) in [6.07, 6.45) is 9.44. The third kappa shape index (κ3) is 2.43. The number of aromatic nitrogens is 2. The van der Waals surface area contributed by atoms with Gasteiger partial charge in [-0.2, -0.15) is 5.10 Å². The molecule has 22 heavy (non-hydrogen) atoms. The highest BCUT2D eigenvalue weighted by molar-refractivity contribution is 5.94. The number of likely N-dealkylation sites (tertiary alicyclic amines) is 1. The molecule has 2 heterocycles. The molecule has 1 aromatic carbocycles. The number of carbonyl (C=O) groups is 1. The quantitative estimate of drug-likeness (QED) is 0.854. The summed E-state index contributed by atoms with van der Waals surface area (Å²) in [5.74, 6) is 0.173. The van der Waals surface area contributed by atoms with Crippen molar-refractivity contribution in [2.75, 3.05) is 13.1 Å². The van der Waals surface area contributed by atoms with Crippen molar-refractivity contribution in [3.63, 3.8) is 0 Å². The first-order valence-corrected chi connectivity index (χ1v) is 8.21. The van der Waals surface area contributed by atoms with Crippen molar-refractivity contribution in [2.24, 2.45) is 0 Å². The van der Waals surface area contributed by atoms with Crippen molar-refractivity contribution < 1.29 is 4.79 Å². The maximum absolute atomic E-state index is 12.8. The van der Waals surface area contributed by atoms with Gasteiger partial charge in [0.05, 0.1) is 6.04 Å². The van der Waals surface area contributed by atoms with Crippen LogP contribution in [0.3, 0.4) is 0 Å². The van der Waals surface area contributed by atoms with Crippen LogP contribution in [0.1, 0.15) is 46.8 Å². The average molecular weight is 295 g/mol. The molecular weight excluding hydrogens is 274 g/mol. The van der Waals surface area contributed by atoms with Crippen LogP contribution < -0.4 is 0 Å². The molecular formula is C18H21N3O. The SMILES string of the molecule is O=C(c1ccc2c(c1)CCC2)N1CCCC(n2cccn2)C1. The molecule has 1 amide bonds. The second-order valence-electron chi connectivity index (χ2n) is 6.37. The first kappa shape index (κ1) is 13.6. The molecule has 0 N–H and O–H groups in total. The van der Waals surface area contributed by atoms with Crippen molar-refractivity contribution >= 4 is 5.91 Å². The largest absolute Gasteiger partial charge is 0.337 e. The van der Waals surface area contributed by atoms with Gasteiger partial charge in [0, 0.05) is 31.0 Å². The molecule has 1 fully saturated rings. The van der Waals surface area contributed by atoms with Gasteiger partial charge in [-0.25, -0.2) is 0 Å². The van der Waals surface area contributed by atoms with Crippen LogP contribution in [-0.2, 0) is 12.8 Å². The number of carbonyl (C=O) groups excluding carboxylic acids is 1. The van der Waals surface area contributed by atoms with Crippen LogP contribution in [0.15, 0.2) is 36.7 Å². The first-order valence-electron chi connectivity index (χ1n) is 8.21. The zero-order valence-electron chi connectivity index (χ0n) is 12.7. The molecule has 4 rings (SSSR count). The Morgan fingerprint density at radius 3 is 2.95 bits per heavy atom. The number of aryl methyl sites for hydroxylation is 2. The van der Waals surface area contributed by atoms with Crippen molar-refractivity contribution in [2.45, 2.75) is 38.1 Å². The lowest BCUT2D eigenvalue weighted by Crippen LogP contribution is -2.40. The highest BCUT2D eigenvalue weighted by atomic mass is 16.2. The highest BCUT2D eigenvalue weighted by Gasteiger charge is 2.26. The first-order chi connectivity index (χ1) is 10.8. The number of hydrogen-bond donors (Lipinski definition) is 0. The van der Waals surface area contributed by atoms with Gasteiger partial charge >= 0.3 is 0 Å². The van der Waals surface area contributed by atoms with Crippen LogP contribution in [0.5, 0.6) is 0 Å². The van der Waals surface area contributed by atoms with Gasteiger partial charge in [-0.15, -0.1) is 0 Å². The average Bonchev–Trinajstić information content (AvgIpc) is 3.25. The van der Waals surface area contributed by atoms with E-state index < -0.39 is 0 Å². The van der Waals surface area contributed by atoms with Crippen LogP contribution in [0.4, 0.5) is 0 Å². The van der Waals surface area contributed by atoms with Crippen molar-refractivity contribution in [3.8, 4) is 0 Å². The minimum absolute atomic E-state index is 0.173. The van der Waals surface area contributed by atoms with E-state index >= 15 is 0 Å². The fourth-order valence-electron chi connectivity index (χ4n) is 3.74. The Balaban J connectivity index is 1.52. The molecule has 2 aliphatic rings. The molecule has 1 aliphatic heterocycles. The molecule has 2 aromatic rings. The molecule has 0 saturated carbocycles. The van der Waals surface area contributed by atoms with E-state index in [-0.39, 0.29) is 5.91 Å². The van der Waals surface area contributed by atoms with E-state index in [2.05, 4.69) is 17.2 Å². The fourth-order valence-corrected chi connectivity index (χ4v) is 3.74. The van der Waals surface area contributed by atoms with Gasteiger partial charge in [-0.1, -0.05) is 6.07 Å². The lowest BCUT2D eigenvalue weighted by Gasteiger charge is -2.33. The monoisotopic (exact) mass is 295 g/mol. The number of amides is 1. The molecule has 1 unspecified atom stereocenters. The Kier molecular flexibility index (Phi) is 3.45. The second kappa shape index (κ2) is 5.59. The van der Waals surface area contributed by atoms with Gasteiger partial charge in [0.2, 0.25) is 0 Å². The lowest BCUT2D eigenvalue weighted by molar-refractivity contribution is 0.0673. The topological polar surface area (TPSA) is 38.1 Å². The fraction of sp³-hybridized carbons (Fsp3) is 0.444. The Bertz CT molecular complexity index is 678. The maximum atomic E-state index is 12.8. The van der Waals surface area contributed by atoms with Gasteiger partial charge in [0.1, 0.15) is 0 Å². The van der Waals surface area contributed by atoms with E-state index in [1.54, 1.807) is 6.20 Å². The number of benzene rings is 1. The number of rotatable bonds is 2. The molecule has 4 nitrogen and oxygen atoms in total. The Morgan fingerprint density at radius 2 is 2.09 bits per heavy atom. The standard InChI is InChI=1S/C18H21N3O/c22-18(16-8-7-14-4-1-5-15(14)12-16)20-10-2-6-17(13-20)21-11-3-9-19-21/h3,7-9,11-12,17H,1-2,4-6,10,13H2. The molecule has 4 heteroatoms. The van der Waals surface area contributed by atoms with E-state index in [0.29, 0.717) is 6.04 Å². The molecule has 0 radical (unpaired) electrons. The number of piperidine rings is 1. The molecule has 0 bridgehead atoms. The van der Waals surface area contributed by atoms with Crippen LogP contribution in [0.25, 0.3) is 0 Å². The zero-order valence-corrected chi connectivity index (χ0v) is 12.7. The molecule has 0 spiro atoms. The van der Waals surface area contributed by atoms with Crippen LogP contribution in [-0.4, -0.2) is 33.7 Å². The molecule has 1 atom stereocenters. The minimum Gasteiger partial charge on any atom is -0.337 e. The summed E-state index contributed by atoms with van der Waals surface area (Å²) in [6, 6.07) is 8.51. The lowest BCUT2D eigenvalue weighted by atomic mass is 10.0. The van der Waals surface area contributed by atoms with E-state index in [4.69, 9.17) is 0 Å². The third-order valence-electron chi connectivity index (χ3n) is 4.93. The summed E-state index contributed by atoms with van der Waals surface area (Å²) in [5.41, 5.74) is 3.64. The molecule has 114 valence electrons. The van der Waals surface area contributed by atoms with E-state index in [1.165, 1.54) is 17.5 Å². The smallest absolute Gasteiger partial charge is 0.253 e. The van der Waals surface area contributed by atoms with Gasteiger partial charge in [-0.3, -0.25) is 9.48 Å². The number of hydrogen-bond acceptors (Lipinski definition) is 2. The Morgan fingerprint density at radius 1 is 1.18 bits per heavy atom. The molecule has 1 saturated heterocycles. The summed E-state index contributed by atoms with van der Waals surface area (Å²) < 4.78 is 1.99. The van der Waals surface area contributed by atoms with Gasteiger partial charge in [-0.05, 0) is 61.4 Å². The Hall–Kier alpha value is -2.10. The van der Waals surface area contributed by atoms with Crippen LogP contribution in [0.2, 0.25) is 0 Å². The van der Waals surface area contributed by atoms with Gasteiger partial charge < -0.3 is 4.90 Å². The number of nitrogens with zero attached hydrogens (tertiary/aromatic N) is 3. The maximum Gasteiger partial charge on any atom is 0.253 e. The van der Waals surface area contributed by atoms with Gasteiger partial charge in [0.15, 0.2) is 0 Å². The molecule has 1 aliphatic carbocycles. The number of fused-ring (bicyclic) bond motifs is 1. The van der Waals surface area contributed by atoms with Crippen molar-refractivity contribution in [3.05, 3.63) is 53.3 Å². The van der Waals surface area contributed by atoms with Gasteiger partial charge in [0.25, 0.3) is 5.91 Å². The summed E-state index contributed by atoms with van der Waals surface area (Å²) in [6.45, 7) is 1.62. The summed E-state index contributed by atoms with van der Waals surface area (Å²) in [7, 11) is 0. The van der Waals surface area contributed by atoms with Crippen LogP contribution >= 0.6 is 0 Å². The zero-order chi connectivity index (χ0) is 14.9. The van der Waals surface area contributed by atoms with E-state index in [0.717, 1.165) is 44.3 Å². The predicted octanol–water partition coefficient (Wildman–Crippen LogP) is 2.85. The second-order valence-corrected chi connectivity index (χ2v) is 6.37. The predicted molar refractivity (Wildman–Crippen MR) is 84.9 cm³/mol.